The molecule has 0 N–H and O–H groups in total. The van der Waals surface area contributed by atoms with E-state index in [-0.39, 0.29) is 5.78 Å². The molecule has 0 spiro atoms. The number of hydrogen-bond donors (Lipinski definition) is 0. The zero-order valence-corrected chi connectivity index (χ0v) is 15.4. The van der Waals surface area contributed by atoms with Gasteiger partial charge < -0.3 is 0 Å². The predicted octanol–water partition coefficient (Wildman–Crippen LogP) is 2.48. The molecule has 1 fully saturated rings. The van der Waals surface area contributed by atoms with Gasteiger partial charge in [0.1, 0.15) is 0 Å². The van der Waals surface area contributed by atoms with Gasteiger partial charge in [0.05, 0.1) is 30.4 Å². The monoisotopic (exact) mass is 349 g/mol. The van der Waals surface area contributed by atoms with Crippen LogP contribution in [0.1, 0.15) is 19.5 Å². The second-order valence-corrected chi connectivity index (χ2v) is 8.04. The lowest BCUT2D eigenvalue weighted by molar-refractivity contribution is -0.122. The first-order valence-corrected chi connectivity index (χ1v) is 8.87. The van der Waals surface area contributed by atoms with E-state index in [1.165, 1.54) is 0 Å². The summed E-state index contributed by atoms with van der Waals surface area (Å²) < 4.78 is 1.78. The number of fused-ring (bicyclic) bond motifs is 1. The van der Waals surface area contributed by atoms with Crippen molar-refractivity contribution in [3.63, 3.8) is 0 Å². The first kappa shape index (κ1) is 16.8. The Morgan fingerprint density at radius 2 is 1.96 bits per heavy atom. The van der Waals surface area contributed by atoms with Crippen molar-refractivity contribution in [1.29, 1.82) is 0 Å². The van der Waals surface area contributed by atoms with E-state index in [2.05, 4.69) is 40.1 Å². The maximum absolute atomic E-state index is 12.3. The van der Waals surface area contributed by atoms with Crippen molar-refractivity contribution >= 4 is 16.7 Å². The number of aromatic nitrogens is 4. The molecule has 1 aliphatic heterocycles. The van der Waals surface area contributed by atoms with Crippen LogP contribution in [0.3, 0.4) is 0 Å². The maximum atomic E-state index is 12.3. The van der Waals surface area contributed by atoms with Gasteiger partial charge in [-0.3, -0.25) is 14.4 Å². The van der Waals surface area contributed by atoms with Gasteiger partial charge in [-0.15, -0.1) is 0 Å². The van der Waals surface area contributed by atoms with Crippen molar-refractivity contribution in [2.45, 2.75) is 20.3 Å². The third kappa shape index (κ3) is 3.51. The summed E-state index contributed by atoms with van der Waals surface area (Å²) in [4.78, 5) is 14.5. The number of Topliss-reactive ketones (excluding diaryl/α,β-unsaturated/α-hetero) is 1. The van der Waals surface area contributed by atoms with Crippen LogP contribution >= 0.6 is 0 Å². The number of likely N-dealkylation sites (tertiary alicyclic amines) is 1. The summed E-state index contributed by atoms with van der Waals surface area (Å²) in [5.41, 5.74) is 4.04. The molecule has 6 heteroatoms. The lowest BCUT2D eigenvalue weighted by Crippen LogP contribution is -2.54. The van der Waals surface area contributed by atoms with Crippen LogP contribution in [-0.2, 0) is 18.3 Å². The molecule has 134 valence electrons. The number of rotatable bonds is 5. The van der Waals surface area contributed by atoms with Crippen molar-refractivity contribution in [1.82, 2.24) is 24.9 Å². The van der Waals surface area contributed by atoms with E-state index >= 15 is 0 Å². The number of carbonyl (C=O) groups excluding carboxylic acids is 1. The number of carbonyl (C=O) groups is 1. The maximum Gasteiger partial charge on any atom is 0.152 e. The van der Waals surface area contributed by atoms with Crippen molar-refractivity contribution in [3.05, 3.63) is 42.4 Å². The van der Waals surface area contributed by atoms with Crippen LogP contribution in [0.4, 0.5) is 0 Å². The van der Waals surface area contributed by atoms with Crippen LogP contribution in [0.5, 0.6) is 0 Å². The van der Waals surface area contributed by atoms with E-state index in [0.717, 1.165) is 40.8 Å². The standard InChI is InChI=1S/C20H23N5O/c1-20(2)12-25(13-20)11-18(26)8-17-7-15-6-14(4-5-19(15)23-22-17)16-9-21-24(3)10-16/h4-7,9-10H,8,11-13H2,1-3H3. The van der Waals surface area contributed by atoms with Crippen molar-refractivity contribution in [3.8, 4) is 11.1 Å². The number of benzene rings is 1. The van der Waals surface area contributed by atoms with E-state index in [4.69, 9.17) is 0 Å². The molecule has 0 unspecified atom stereocenters. The van der Waals surface area contributed by atoms with Gasteiger partial charge in [-0.1, -0.05) is 19.9 Å². The Bertz CT molecular complexity index is 967. The number of ketones is 1. The fourth-order valence-corrected chi connectivity index (χ4v) is 3.71. The lowest BCUT2D eigenvalue weighted by atomic mass is 9.84. The quantitative estimate of drug-likeness (QED) is 0.708. The molecule has 1 aromatic carbocycles. The first-order chi connectivity index (χ1) is 12.4. The molecule has 0 atom stereocenters. The second-order valence-electron chi connectivity index (χ2n) is 8.04. The van der Waals surface area contributed by atoms with Crippen LogP contribution in [0.15, 0.2) is 36.7 Å². The van der Waals surface area contributed by atoms with Crippen molar-refractivity contribution in [2.24, 2.45) is 12.5 Å². The topological polar surface area (TPSA) is 63.9 Å². The van der Waals surface area contributed by atoms with E-state index in [0.29, 0.717) is 18.4 Å². The summed E-state index contributed by atoms with van der Waals surface area (Å²) in [6, 6.07) is 8.02. The fraction of sp³-hybridized carbons (Fsp3) is 0.400. The first-order valence-electron chi connectivity index (χ1n) is 8.87. The van der Waals surface area contributed by atoms with Crippen LogP contribution in [0, 0.1) is 5.41 Å². The molecule has 0 radical (unpaired) electrons. The molecule has 3 aromatic rings. The largest absolute Gasteiger partial charge is 0.298 e. The Kier molecular flexibility index (Phi) is 4.07. The Labute approximate surface area is 152 Å². The average molecular weight is 349 g/mol. The van der Waals surface area contributed by atoms with Gasteiger partial charge in [0.25, 0.3) is 0 Å². The van der Waals surface area contributed by atoms with E-state index in [1.807, 2.05) is 37.6 Å². The van der Waals surface area contributed by atoms with Crippen LogP contribution in [0.25, 0.3) is 22.0 Å². The minimum atomic E-state index is 0.192. The molecule has 26 heavy (non-hydrogen) atoms. The highest BCUT2D eigenvalue weighted by Gasteiger charge is 2.34. The zero-order chi connectivity index (χ0) is 18.3. The lowest BCUT2D eigenvalue weighted by Gasteiger charge is -2.45. The average Bonchev–Trinajstić information content (AvgIpc) is 2.99. The third-order valence-corrected chi connectivity index (χ3v) is 4.76. The van der Waals surface area contributed by atoms with Gasteiger partial charge in [-0.25, -0.2) is 0 Å². The molecule has 1 aliphatic rings. The van der Waals surface area contributed by atoms with Crippen LogP contribution in [0.2, 0.25) is 0 Å². The van der Waals surface area contributed by atoms with Gasteiger partial charge >= 0.3 is 0 Å². The molecule has 4 rings (SSSR count). The van der Waals surface area contributed by atoms with Crippen molar-refractivity contribution < 1.29 is 4.79 Å². The molecule has 0 saturated carbocycles. The van der Waals surface area contributed by atoms with Gasteiger partial charge in [-0.2, -0.15) is 15.3 Å². The molecule has 6 nitrogen and oxygen atoms in total. The van der Waals surface area contributed by atoms with Gasteiger partial charge in [0.15, 0.2) is 5.78 Å². The van der Waals surface area contributed by atoms with Crippen LogP contribution in [-0.4, -0.2) is 50.3 Å². The summed E-state index contributed by atoms with van der Waals surface area (Å²) in [6.07, 6.45) is 4.15. The Morgan fingerprint density at radius 3 is 2.65 bits per heavy atom. The minimum Gasteiger partial charge on any atom is -0.298 e. The SMILES string of the molecule is Cn1cc(-c2ccc3nnc(CC(=O)CN4CC(C)(C)C4)cc3c2)cn1. The van der Waals surface area contributed by atoms with E-state index in [9.17, 15) is 4.79 Å². The molecule has 3 heterocycles. The van der Waals surface area contributed by atoms with Gasteiger partial charge in [0.2, 0.25) is 0 Å². The predicted molar refractivity (Wildman–Crippen MR) is 101 cm³/mol. The van der Waals surface area contributed by atoms with Crippen LogP contribution < -0.4 is 0 Å². The summed E-state index contributed by atoms with van der Waals surface area (Å²) in [5, 5.41) is 13.7. The van der Waals surface area contributed by atoms with E-state index < -0.39 is 0 Å². The van der Waals surface area contributed by atoms with Gasteiger partial charge in [0, 0.05) is 37.3 Å². The number of nitrogens with zero attached hydrogens (tertiary/aromatic N) is 5. The summed E-state index contributed by atoms with van der Waals surface area (Å²) in [6.45, 7) is 6.91. The molecule has 0 bridgehead atoms. The summed E-state index contributed by atoms with van der Waals surface area (Å²) in [7, 11) is 1.90. The number of aryl methyl sites for hydroxylation is 1. The van der Waals surface area contributed by atoms with E-state index in [1.54, 1.807) is 4.68 Å². The molecule has 1 saturated heterocycles. The highest BCUT2D eigenvalue weighted by atomic mass is 16.1. The number of hydrogen-bond acceptors (Lipinski definition) is 5. The third-order valence-electron chi connectivity index (χ3n) is 4.76. The molecule has 0 aliphatic carbocycles. The Hall–Kier alpha value is -2.60. The Morgan fingerprint density at radius 1 is 1.15 bits per heavy atom. The van der Waals surface area contributed by atoms with Crippen molar-refractivity contribution in [2.75, 3.05) is 19.6 Å². The zero-order valence-electron chi connectivity index (χ0n) is 15.4. The molecular weight excluding hydrogens is 326 g/mol. The highest BCUT2D eigenvalue weighted by Crippen LogP contribution is 2.28. The molecule has 2 aromatic heterocycles. The summed E-state index contributed by atoms with van der Waals surface area (Å²) in [5.74, 6) is 0.192. The van der Waals surface area contributed by atoms with Gasteiger partial charge in [-0.05, 0) is 29.2 Å². The summed E-state index contributed by atoms with van der Waals surface area (Å²) >= 11 is 0. The molecule has 0 amide bonds. The highest BCUT2D eigenvalue weighted by molar-refractivity contribution is 5.86. The Balaban J connectivity index is 1.50. The smallest absolute Gasteiger partial charge is 0.152 e. The molecular formula is C20H23N5O. The normalized spacial score (nSPS) is 16.6. The minimum absolute atomic E-state index is 0.192. The second kappa shape index (κ2) is 6.29. The fourth-order valence-electron chi connectivity index (χ4n) is 3.71.